The molecule has 0 amide bonds. The third-order valence-corrected chi connectivity index (χ3v) is 2.17. The standard InChI is InChI=1S/C12H7N2O2/c1-15-7-10-4-8-2-3-9(5-13)11(6-14)12(8)16-10/h2-4,7H,1H3. The summed E-state index contributed by atoms with van der Waals surface area (Å²) < 4.78 is 10.2. The fourth-order valence-corrected chi connectivity index (χ4v) is 1.50. The second-order valence-corrected chi connectivity index (χ2v) is 3.13. The zero-order chi connectivity index (χ0) is 11.5. The van der Waals surface area contributed by atoms with Gasteiger partial charge in [0.1, 0.15) is 30.1 Å². The minimum absolute atomic E-state index is 0.260. The van der Waals surface area contributed by atoms with Crippen molar-refractivity contribution >= 4 is 11.0 Å². The summed E-state index contributed by atoms with van der Waals surface area (Å²) in [6.07, 6.45) is 0. The van der Waals surface area contributed by atoms with Gasteiger partial charge in [-0.15, -0.1) is 0 Å². The summed E-state index contributed by atoms with van der Waals surface area (Å²) in [5, 5.41) is 18.6. The molecule has 4 heteroatoms. The predicted octanol–water partition coefficient (Wildman–Crippen LogP) is 2.33. The third-order valence-electron chi connectivity index (χ3n) is 2.17. The number of nitrogens with zero attached hydrogens (tertiary/aromatic N) is 2. The molecule has 0 unspecified atom stereocenters. The highest BCUT2D eigenvalue weighted by atomic mass is 16.5. The fraction of sp³-hybridized carbons (Fsp3) is 0.0833. The molecule has 0 bridgehead atoms. The van der Waals surface area contributed by atoms with E-state index >= 15 is 0 Å². The summed E-state index contributed by atoms with van der Waals surface area (Å²) in [6.45, 7) is 1.44. The molecule has 16 heavy (non-hydrogen) atoms. The van der Waals surface area contributed by atoms with Gasteiger partial charge in [-0.3, -0.25) is 0 Å². The Labute approximate surface area is 92.3 Å². The zero-order valence-corrected chi connectivity index (χ0v) is 8.52. The van der Waals surface area contributed by atoms with Gasteiger partial charge in [0.15, 0.2) is 5.58 Å². The van der Waals surface area contributed by atoms with Crippen LogP contribution in [0.1, 0.15) is 16.9 Å². The van der Waals surface area contributed by atoms with E-state index in [1.165, 1.54) is 13.7 Å². The second kappa shape index (κ2) is 4.06. The lowest BCUT2D eigenvalue weighted by Gasteiger charge is -1.94. The molecular weight excluding hydrogens is 204 g/mol. The highest BCUT2D eigenvalue weighted by molar-refractivity contribution is 5.85. The monoisotopic (exact) mass is 211 g/mol. The highest BCUT2D eigenvalue weighted by Crippen LogP contribution is 2.26. The molecule has 0 fully saturated rings. The maximum absolute atomic E-state index is 8.98. The van der Waals surface area contributed by atoms with Gasteiger partial charge in [-0.2, -0.15) is 10.5 Å². The normalized spacial score (nSPS) is 9.94. The SMILES string of the molecule is CO[CH]c1cc2ccc(C#N)c(C#N)c2o1. The average molecular weight is 211 g/mol. The van der Waals surface area contributed by atoms with Crippen LogP contribution in [0, 0.1) is 29.3 Å². The Bertz CT molecular complexity index is 614. The summed E-state index contributed by atoms with van der Waals surface area (Å²) in [7, 11) is 1.51. The Kier molecular flexibility index (Phi) is 2.59. The van der Waals surface area contributed by atoms with E-state index in [0.29, 0.717) is 16.9 Å². The van der Waals surface area contributed by atoms with Crippen LogP contribution >= 0.6 is 0 Å². The maximum Gasteiger partial charge on any atom is 0.153 e. The molecule has 0 spiro atoms. The van der Waals surface area contributed by atoms with Crippen LogP contribution in [0.4, 0.5) is 0 Å². The molecule has 2 aromatic rings. The fourth-order valence-electron chi connectivity index (χ4n) is 1.50. The first kappa shape index (κ1) is 10.2. The van der Waals surface area contributed by atoms with Crippen LogP contribution in [0.5, 0.6) is 0 Å². The van der Waals surface area contributed by atoms with Crippen molar-refractivity contribution in [2.24, 2.45) is 0 Å². The van der Waals surface area contributed by atoms with Crippen molar-refractivity contribution < 1.29 is 9.15 Å². The molecule has 0 saturated heterocycles. The number of furan rings is 1. The minimum atomic E-state index is 0.260. The number of hydrogen-bond donors (Lipinski definition) is 0. The largest absolute Gasteiger partial charge is 0.457 e. The lowest BCUT2D eigenvalue weighted by Crippen LogP contribution is -1.83. The first-order valence-electron chi connectivity index (χ1n) is 4.53. The molecule has 0 aliphatic rings. The number of benzene rings is 1. The molecular formula is C12H7N2O2. The van der Waals surface area contributed by atoms with E-state index < -0.39 is 0 Å². The van der Waals surface area contributed by atoms with E-state index in [4.69, 9.17) is 19.7 Å². The van der Waals surface area contributed by atoms with Crippen LogP contribution in [0.3, 0.4) is 0 Å². The minimum Gasteiger partial charge on any atom is -0.457 e. The van der Waals surface area contributed by atoms with Gasteiger partial charge in [-0.05, 0) is 18.2 Å². The van der Waals surface area contributed by atoms with Crippen LogP contribution in [-0.2, 0) is 4.74 Å². The van der Waals surface area contributed by atoms with Crippen molar-refractivity contribution in [3.8, 4) is 12.1 Å². The number of rotatable bonds is 2. The Morgan fingerprint density at radius 3 is 2.75 bits per heavy atom. The van der Waals surface area contributed by atoms with Gasteiger partial charge in [0, 0.05) is 12.5 Å². The van der Waals surface area contributed by atoms with Gasteiger partial charge in [0.2, 0.25) is 0 Å². The molecule has 2 rings (SSSR count). The van der Waals surface area contributed by atoms with Crippen molar-refractivity contribution in [2.45, 2.75) is 0 Å². The summed E-state index contributed by atoms with van der Waals surface area (Å²) in [6, 6.07) is 9.03. The van der Waals surface area contributed by atoms with E-state index in [0.717, 1.165) is 5.39 Å². The molecule has 1 aromatic heterocycles. The van der Waals surface area contributed by atoms with Crippen molar-refractivity contribution in [1.82, 2.24) is 0 Å². The van der Waals surface area contributed by atoms with Crippen molar-refractivity contribution in [3.63, 3.8) is 0 Å². The molecule has 0 aliphatic carbocycles. The first-order chi connectivity index (χ1) is 7.80. The molecule has 1 aromatic carbocycles. The maximum atomic E-state index is 8.98. The topological polar surface area (TPSA) is 69.9 Å². The number of nitriles is 2. The molecule has 1 radical (unpaired) electrons. The molecule has 0 atom stereocenters. The Morgan fingerprint density at radius 1 is 1.31 bits per heavy atom. The summed E-state index contributed by atoms with van der Waals surface area (Å²) in [5.74, 6) is 0.518. The van der Waals surface area contributed by atoms with E-state index in [-0.39, 0.29) is 5.56 Å². The van der Waals surface area contributed by atoms with Gasteiger partial charge in [-0.25, -0.2) is 0 Å². The van der Waals surface area contributed by atoms with E-state index in [1.807, 2.05) is 12.1 Å². The molecule has 0 saturated carbocycles. The first-order valence-corrected chi connectivity index (χ1v) is 4.53. The predicted molar refractivity (Wildman–Crippen MR) is 56.1 cm³/mol. The van der Waals surface area contributed by atoms with E-state index in [1.54, 1.807) is 18.2 Å². The molecule has 77 valence electrons. The Hall–Kier alpha value is -2.30. The Balaban J connectivity index is 2.69. The van der Waals surface area contributed by atoms with Gasteiger partial charge >= 0.3 is 0 Å². The third kappa shape index (κ3) is 1.52. The highest BCUT2D eigenvalue weighted by Gasteiger charge is 2.12. The van der Waals surface area contributed by atoms with E-state index in [2.05, 4.69) is 0 Å². The van der Waals surface area contributed by atoms with Crippen LogP contribution in [0.25, 0.3) is 11.0 Å². The van der Waals surface area contributed by atoms with E-state index in [9.17, 15) is 0 Å². The molecule has 4 nitrogen and oxygen atoms in total. The lowest BCUT2D eigenvalue weighted by atomic mass is 10.1. The van der Waals surface area contributed by atoms with Gasteiger partial charge < -0.3 is 9.15 Å². The van der Waals surface area contributed by atoms with Gasteiger partial charge in [0.25, 0.3) is 0 Å². The summed E-state index contributed by atoms with van der Waals surface area (Å²) in [5.41, 5.74) is 0.994. The van der Waals surface area contributed by atoms with Crippen LogP contribution in [0.2, 0.25) is 0 Å². The number of ether oxygens (including phenoxy) is 1. The van der Waals surface area contributed by atoms with Crippen molar-refractivity contribution in [3.05, 3.63) is 41.7 Å². The molecule has 0 aliphatic heterocycles. The smallest absolute Gasteiger partial charge is 0.153 e. The van der Waals surface area contributed by atoms with Crippen molar-refractivity contribution in [1.29, 1.82) is 10.5 Å². The molecule has 0 N–H and O–H groups in total. The summed E-state index contributed by atoms with van der Waals surface area (Å²) >= 11 is 0. The zero-order valence-electron chi connectivity index (χ0n) is 8.52. The van der Waals surface area contributed by atoms with Crippen LogP contribution in [0.15, 0.2) is 22.6 Å². The number of hydrogen-bond acceptors (Lipinski definition) is 4. The van der Waals surface area contributed by atoms with Gasteiger partial charge in [0.05, 0.1) is 5.56 Å². The Morgan fingerprint density at radius 2 is 2.12 bits per heavy atom. The quantitative estimate of drug-likeness (QED) is 0.764. The van der Waals surface area contributed by atoms with Crippen molar-refractivity contribution in [2.75, 3.05) is 7.11 Å². The number of fused-ring (bicyclic) bond motifs is 1. The average Bonchev–Trinajstić information content (AvgIpc) is 2.70. The molecule has 1 heterocycles. The van der Waals surface area contributed by atoms with Crippen LogP contribution in [-0.4, -0.2) is 7.11 Å². The second-order valence-electron chi connectivity index (χ2n) is 3.13. The summed E-state index contributed by atoms with van der Waals surface area (Å²) in [4.78, 5) is 0. The number of methoxy groups -OCH3 is 1. The lowest BCUT2D eigenvalue weighted by molar-refractivity contribution is 0.275. The van der Waals surface area contributed by atoms with Gasteiger partial charge in [-0.1, -0.05) is 0 Å². The van der Waals surface area contributed by atoms with Crippen LogP contribution < -0.4 is 0 Å².